The maximum atomic E-state index is 6.60. The minimum absolute atomic E-state index is 0.474. The van der Waals surface area contributed by atoms with Crippen molar-refractivity contribution in [1.29, 1.82) is 0 Å². The fourth-order valence-electron chi connectivity index (χ4n) is 8.84. The zero-order chi connectivity index (χ0) is 23.3. The average molecular weight is 457 g/mol. The van der Waals surface area contributed by atoms with Crippen LogP contribution in [0, 0.1) is 34.5 Å². The van der Waals surface area contributed by atoms with E-state index >= 15 is 0 Å². The monoisotopic (exact) mass is 456 g/mol. The largest absolute Gasteiger partial charge is 0.415 e. The molecule has 1 nitrogen and oxygen atoms in total. The van der Waals surface area contributed by atoms with E-state index in [1.807, 2.05) is 11.1 Å². The summed E-state index contributed by atoms with van der Waals surface area (Å²) in [6.07, 6.45) is 18.2. The average Bonchev–Trinajstić information content (AvgIpc) is 3.04. The van der Waals surface area contributed by atoms with Crippen molar-refractivity contribution in [2.45, 2.75) is 131 Å². The quantitative estimate of drug-likeness (QED) is 0.286. The highest BCUT2D eigenvalue weighted by atomic mass is 28.4. The van der Waals surface area contributed by atoms with Crippen LogP contribution in [0.4, 0.5) is 0 Å². The molecule has 7 unspecified atom stereocenters. The predicted molar refractivity (Wildman–Crippen MR) is 141 cm³/mol. The van der Waals surface area contributed by atoms with Gasteiger partial charge in [-0.2, -0.15) is 0 Å². The van der Waals surface area contributed by atoms with Gasteiger partial charge in [-0.05, 0) is 139 Å². The third-order valence-corrected chi connectivity index (χ3v) is 11.4. The molecule has 0 aromatic rings. The van der Waals surface area contributed by atoms with Crippen molar-refractivity contribution in [3.8, 4) is 0 Å². The fourth-order valence-corrected chi connectivity index (χ4v) is 10.1. The standard InChI is InChI=1S/C30H52OSi/c1-21(2)10-9-11-22(3)26-14-15-27-25-13-12-23-20-24(31-32(6,7)8)16-18-29(23,4)28(25)17-19-30(26,27)5/h10,22-24,26-27H,9,11-20H2,1-8H3. The van der Waals surface area contributed by atoms with E-state index in [9.17, 15) is 0 Å². The van der Waals surface area contributed by atoms with Crippen molar-refractivity contribution in [3.05, 3.63) is 22.8 Å². The molecule has 0 aliphatic heterocycles. The van der Waals surface area contributed by atoms with Gasteiger partial charge in [-0.25, -0.2) is 0 Å². The highest BCUT2D eigenvalue weighted by Gasteiger charge is 2.56. The van der Waals surface area contributed by atoms with Gasteiger partial charge in [0.25, 0.3) is 0 Å². The van der Waals surface area contributed by atoms with E-state index in [0.717, 1.165) is 23.7 Å². The first-order valence-electron chi connectivity index (χ1n) is 14.0. The molecular weight excluding hydrogens is 404 g/mol. The first kappa shape index (κ1) is 24.8. The molecule has 7 atom stereocenters. The summed E-state index contributed by atoms with van der Waals surface area (Å²) in [5.41, 5.74) is 6.42. The Kier molecular flexibility index (Phi) is 6.99. The molecule has 2 fully saturated rings. The summed E-state index contributed by atoms with van der Waals surface area (Å²) in [4.78, 5) is 0. The number of hydrogen-bond acceptors (Lipinski definition) is 1. The summed E-state index contributed by atoms with van der Waals surface area (Å²) < 4.78 is 6.60. The number of rotatable bonds is 6. The second kappa shape index (κ2) is 9.03. The molecule has 4 aliphatic carbocycles. The second-order valence-corrected chi connectivity index (χ2v) is 18.3. The molecule has 0 aromatic carbocycles. The molecule has 182 valence electrons. The molecule has 0 bridgehead atoms. The molecule has 0 spiro atoms. The van der Waals surface area contributed by atoms with Crippen molar-refractivity contribution in [2.75, 3.05) is 0 Å². The van der Waals surface area contributed by atoms with Gasteiger partial charge in [0.2, 0.25) is 0 Å². The van der Waals surface area contributed by atoms with Crippen molar-refractivity contribution < 1.29 is 4.43 Å². The van der Waals surface area contributed by atoms with Crippen LogP contribution in [0.25, 0.3) is 0 Å². The molecule has 0 amide bonds. The van der Waals surface area contributed by atoms with E-state index in [1.54, 1.807) is 0 Å². The molecule has 0 N–H and O–H groups in total. The Balaban J connectivity index is 1.50. The van der Waals surface area contributed by atoms with Gasteiger partial charge in [0.1, 0.15) is 0 Å². The van der Waals surface area contributed by atoms with Gasteiger partial charge in [0.15, 0.2) is 8.32 Å². The lowest BCUT2D eigenvalue weighted by atomic mass is 9.50. The Bertz CT molecular complexity index is 753. The minimum Gasteiger partial charge on any atom is -0.415 e. The van der Waals surface area contributed by atoms with E-state index < -0.39 is 8.32 Å². The lowest BCUT2D eigenvalue weighted by molar-refractivity contribution is 0.0208. The molecule has 4 aliphatic rings. The molecule has 2 heteroatoms. The van der Waals surface area contributed by atoms with E-state index in [1.165, 1.54) is 76.2 Å². The molecule has 2 saturated carbocycles. The predicted octanol–water partition coefficient (Wildman–Crippen LogP) is 9.31. The third-order valence-electron chi connectivity index (χ3n) is 10.4. The van der Waals surface area contributed by atoms with Crippen LogP contribution in [0.1, 0.15) is 105 Å². The molecular formula is C30H52OSi. The maximum absolute atomic E-state index is 6.60. The van der Waals surface area contributed by atoms with Gasteiger partial charge in [0, 0.05) is 6.10 Å². The molecule has 32 heavy (non-hydrogen) atoms. The molecule has 0 aromatic heterocycles. The van der Waals surface area contributed by atoms with Gasteiger partial charge < -0.3 is 4.43 Å². The van der Waals surface area contributed by atoms with Gasteiger partial charge in [0.05, 0.1) is 0 Å². The lowest BCUT2D eigenvalue weighted by Crippen LogP contribution is -2.47. The van der Waals surface area contributed by atoms with Crippen LogP contribution < -0.4 is 0 Å². The normalized spacial score (nSPS) is 40.4. The van der Waals surface area contributed by atoms with E-state index in [4.69, 9.17) is 4.43 Å². The van der Waals surface area contributed by atoms with Crippen LogP contribution in [-0.4, -0.2) is 14.4 Å². The van der Waals surface area contributed by atoms with Crippen LogP contribution in [0.5, 0.6) is 0 Å². The summed E-state index contributed by atoms with van der Waals surface area (Å²) >= 11 is 0. The highest BCUT2D eigenvalue weighted by molar-refractivity contribution is 6.69. The van der Waals surface area contributed by atoms with Crippen LogP contribution >= 0.6 is 0 Å². The summed E-state index contributed by atoms with van der Waals surface area (Å²) in [5.74, 6) is 3.54. The van der Waals surface area contributed by atoms with Gasteiger partial charge in [-0.1, -0.05) is 43.6 Å². The summed E-state index contributed by atoms with van der Waals surface area (Å²) in [5, 5.41) is 0. The maximum Gasteiger partial charge on any atom is 0.184 e. The lowest BCUT2D eigenvalue weighted by Gasteiger charge is -2.55. The summed E-state index contributed by atoms with van der Waals surface area (Å²) in [6.45, 7) is 19.5. The molecule has 0 radical (unpaired) electrons. The van der Waals surface area contributed by atoms with Gasteiger partial charge in [-0.15, -0.1) is 0 Å². The topological polar surface area (TPSA) is 9.23 Å². The Morgan fingerprint density at radius 2 is 1.81 bits per heavy atom. The number of fused-ring (bicyclic) bond motifs is 4. The van der Waals surface area contributed by atoms with Crippen LogP contribution in [0.2, 0.25) is 19.6 Å². The molecule has 0 saturated heterocycles. The Hall–Kier alpha value is -0.343. The van der Waals surface area contributed by atoms with Crippen LogP contribution in [0.15, 0.2) is 22.8 Å². The van der Waals surface area contributed by atoms with Gasteiger partial charge >= 0.3 is 0 Å². The molecule has 0 heterocycles. The second-order valence-electron chi connectivity index (χ2n) is 13.9. The van der Waals surface area contributed by atoms with Crippen molar-refractivity contribution >= 4 is 8.32 Å². The Morgan fingerprint density at radius 3 is 2.50 bits per heavy atom. The number of hydrogen-bond donors (Lipinski definition) is 0. The van der Waals surface area contributed by atoms with E-state index in [0.29, 0.717) is 16.9 Å². The summed E-state index contributed by atoms with van der Waals surface area (Å²) in [6, 6.07) is 0. The van der Waals surface area contributed by atoms with Crippen LogP contribution in [0.3, 0.4) is 0 Å². The van der Waals surface area contributed by atoms with Crippen molar-refractivity contribution in [3.63, 3.8) is 0 Å². The highest BCUT2D eigenvalue weighted by Crippen LogP contribution is 2.66. The first-order valence-corrected chi connectivity index (χ1v) is 17.4. The van der Waals surface area contributed by atoms with Crippen LogP contribution in [-0.2, 0) is 4.43 Å². The van der Waals surface area contributed by atoms with Crippen molar-refractivity contribution in [2.24, 2.45) is 34.5 Å². The van der Waals surface area contributed by atoms with Gasteiger partial charge in [-0.3, -0.25) is 0 Å². The molecule has 4 rings (SSSR count). The SMILES string of the molecule is CC(C)=CCCC(C)C1CCC2C3=C(CCC21C)C1(C)CCC(O[Si](C)(C)C)CC1CC3. The Labute approximate surface area is 201 Å². The fraction of sp³-hybridized carbons (Fsp3) is 0.867. The zero-order valence-electron chi connectivity index (χ0n) is 22.7. The minimum atomic E-state index is -1.44. The van der Waals surface area contributed by atoms with E-state index in [2.05, 4.69) is 60.3 Å². The zero-order valence-corrected chi connectivity index (χ0v) is 23.7. The first-order chi connectivity index (χ1) is 14.9. The smallest absolute Gasteiger partial charge is 0.184 e. The van der Waals surface area contributed by atoms with Crippen molar-refractivity contribution in [1.82, 2.24) is 0 Å². The Morgan fingerprint density at radius 1 is 1.06 bits per heavy atom. The van der Waals surface area contributed by atoms with E-state index in [-0.39, 0.29) is 0 Å². The number of allylic oxidation sites excluding steroid dienone is 4. The third kappa shape index (κ3) is 4.61. The summed E-state index contributed by atoms with van der Waals surface area (Å²) in [7, 11) is -1.44.